The maximum absolute atomic E-state index is 2.58. The maximum Gasteiger partial charge on any atom is 0.0316 e. The Morgan fingerprint density at radius 3 is 2.30 bits per heavy atom. The van der Waals surface area contributed by atoms with Crippen molar-refractivity contribution in [2.75, 3.05) is 26.7 Å². The van der Waals surface area contributed by atoms with Crippen molar-refractivity contribution in [2.45, 2.75) is 51.1 Å². The Labute approximate surface area is 165 Å². The molecule has 2 nitrogen and oxygen atoms in total. The molecular formula is C25H34N2. The van der Waals surface area contributed by atoms with Crippen molar-refractivity contribution in [3.63, 3.8) is 0 Å². The van der Waals surface area contributed by atoms with Crippen molar-refractivity contribution in [3.8, 4) is 0 Å². The summed E-state index contributed by atoms with van der Waals surface area (Å²) in [6.07, 6.45) is 5.44. The van der Waals surface area contributed by atoms with Crippen LogP contribution in [-0.2, 0) is 6.54 Å². The third-order valence-corrected chi connectivity index (χ3v) is 6.78. The summed E-state index contributed by atoms with van der Waals surface area (Å²) in [5, 5.41) is 0. The van der Waals surface area contributed by atoms with Gasteiger partial charge in [-0.3, -0.25) is 9.80 Å². The molecule has 0 unspecified atom stereocenters. The second-order valence-electron chi connectivity index (χ2n) is 8.79. The molecule has 2 heteroatoms. The Morgan fingerprint density at radius 2 is 1.63 bits per heavy atom. The average molecular weight is 363 g/mol. The maximum atomic E-state index is 2.58. The van der Waals surface area contributed by atoms with Crippen molar-refractivity contribution < 1.29 is 0 Å². The van der Waals surface area contributed by atoms with Gasteiger partial charge in [-0.1, -0.05) is 54.6 Å². The van der Waals surface area contributed by atoms with E-state index in [1.165, 1.54) is 56.4 Å². The van der Waals surface area contributed by atoms with Gasteiger partial charge in [-0.05, 0) is 81.3 Å². The summed E-state index contributed by atoms with van der Waals surface area (Å²) in [6, 6.07) is 20.9. The monoisotopic (exact) mass is 362 g/mol. The van der Waals surface area contributed by atoms with E-state index in [-0.39, 0.29) is 0 Å². The van der Waals surface area contributed by atoms with Crippen molar-refractivity contribution in [1.29, 1.82) is 0 Å². The molecule has 1 heterocycles. The highest BCUT2D eigenvalue weighted by Gasteiger charge is 2.31. The lowest BCUT2D eigenvalue weighted by atomic mass is 9.71. The zero-order valence-corrected chi connectivity index (χ0v) is 17.0. The number of likely N-dealkylation sites (tertiary alicyclic amines) is 1. The minimum atomic E-state index is 0.495. The van der Waals surface area contributed by atoms with Crippen LogP contribution in [0.3, 0.4) is 0 Å². The van der Waals surface area contributed by atoms with Gasteiger partial charge in [0.1, 0.15) is 0 Å². The fraction of sp³-hybridized carbons (Fsp3) is 0.520. The lowest BCUT2D eigenvalue weighted by molar-refractivity contribution is 0.152. The topological polar surface area (TPSA) is 6.48 Å². The fourth-order valence-corrected chi connectivity index (χ4v) is 4.80. The first-order chi connectivity index (χ1) is 13.2. The van der Waals surface area contributed by atoms with E-state index in [1.807, 2.05) is 0 Å². The first kappa shape index (κ1) is 18.7. The van der Waals surface area contributed by atoms with Gasteiger partial charge >= 0.3 is 0 Å². The zero-order valence-electron chi connectivity index (χ0n) is 17.0. The smallest absolute Gasteiger partial charge is 0.0316 e. The van der Waals surface area contributed by atoms with E-state index in [4.69, 9.17) is 0 Å². The molecule has 1 saturated carbocycles. The molecule has 1 aliphatic carbocycles. The summed E-state index contributed by atoms with van der Waals surface area (Å²) in [5.74, 6) is 1.62. The second-order valence-corrected chi connectivity index (χ2v) is 8.79. The molecule has 0 radical (unpaired) electrons. The summed E-state index contributed by atoms with van der Waals surface area (Å²) in [6.45, 7) is 7.22. The molecule has 0 aromatic heterocycles. The normalized spacial score (nSPS) is 24.1. The van der Waals surface area contributed by atoms with Crippen molar-refractivity contribution in [3.05, 3.63) is 71.3 Å². The average Bonchev–Trinajstić information content (AvgIpc) is 3.18. The van der Waals surface area contributed by atoms with E-state index in [1.54, 1.807) is 5.56 Å². The van der Waals surface area contributed by atoms with Crippen LogP contribution in [0, 0.1) is 5.92 Å². The second kappa shape index (κ2) is 8.58. The lowest BCUT2D eigenvalue weighted by Gasteiger charge is -2.39. The summed E-state index contributed by atoms with van der Waals surface area (Å²) in [4.78, 5) is 5.10. The molecule has 0 bridgehead atoms. The van der Waals surface area contributed by atoms with Crippen LogP contribution in [0.25, 0.3) is 0 Å². The van der Waals surface area contributed by atoms with Crippen LogP contribution >= 0.6 is 0 Å². The highest BCUT2D eigenvalue weighted by atomic mass is 15.1. The zero-order chi connectivity index (χ0) is 18.6. The molecule has 2 aromatic rings. The summed E-state index contributed by atoms with van der Waals surface area (Å²) < 4.78 is 0. The summed E-state index contributed by atoms with van der Waals surface area (Å²) >= 11 is 0. The quantitative estimate of drug-likeness (QED) is 0.644. The predicted octanol–water partition coefficient (Wildman–Crippen LogP) is 5.47. The molecular weight excluding hydrogens is 328 g/mol. The van der Waals surface area contributed by atoms with Gasteiger partial charge in [-0.25, -0.2) is 0 Å². The number of benzene rings is 2. The Hall–Kier alpha value is -1.64. The van der Waals surface area contributed by atoms with Crippen LogP contribution < -0.4 is 0 Å². The number of hydrogen-bond acceptors (Lipinski definition) is 2. The van der Waals surface area contributed by atoms with Gasteiger partial charge in [-0.2, -0.15) is 0 Å². The molecule has 2 aliphatic rings. The van der Waals surface area contributed by atoms with Gasteiger partial charge in [0.2, 0.25) is 0 Å². The van der Waals surface area contributed by atoms with E-state index >= 15 is 0 Å². The highest BCUT2D eigenvalue weighted by molar-refractivity contribution is 5.27. The molecule has 2 fully saturated rings. The van der Waals surface area contributed by atoms with E-state index in [0.717, 1.165) is 18.4 Å². The fourth-order valence-electron chi connectivity index (χ4n) is 4.80. The van der Waals surface area contributed by atoms with E-state index in [0.29, 0.717) is 6.04 Å². The minimum absolute atomic E-state index is 0.495. The van der Waals surface area contributed by atoms with Gasteiger partial charge in [0, 0.05) is 19.1 Å². The first-order valence-electron chi connectivity index (χ1n) is 10.8. The van der Waals surface area contributed by atoms with E-state index in [2.05, 4.69) is 78.4 Å². The summed E-state index contributed by atoms with van der Waals surface area (Å²) in [7, 11) is 2.28. The molecule has 144 valence electrons. The van der Waals surface area contributed by atoms with Gasteiger partial charge in [0.05, 0.1) is 0 Å². The van der Waals surface area contributed by atoms with Crippen LogP contribution in [-0.4, -0.2) is 36.5 Å². The van der Waals surface area contributed by atoms with E-state index in [9.17, 15) is 0 Å². The lowest BCUT2D eigenvalue weighted by Crippen LogP contribution is -2.34. The molecule has 1 aliphatic heterocycles. The van der Waals surface area contributed by atoms with Gasteiger partial charge < -0.3 is 0 Å². The molecule has 4 rings (SSSR count). The third-order valence-electron chi connectivity index (χ3n) is 6.78. The van der Waals surface area contributed by atoms with E-state index < -0.39 is 0 Å². The van der Waals surface area contributed by atoms with Gasteiger partial charge in [0.15, 0.2) is 0 Å². The Kier molecular flexibility index (Phi) is 5.95. The SMILES string of the molecule is C[C@H](c1ccccc1)N(C)CC1CC(c2ccc(CN3CCCC3)cc2)C1. The first-order valence-corrected chi connectivity index (χ1v) is 10.8. The predicted molar refractivity (Wildman–Crippen MR) is 114 cm³/mol. The number of nitrogens with zero attached hydrogens (tertiary/aromatic N) is 2. The van der Waals surface area contributed by atoms with Crippen LogP contribution in [0.15, 0.2) is 54.6 Å². The third kappa shape index (κ3) is 4.62. The Morgan fingerprint density at radius 1 is 0.963 bits per heavy atom. The minimum Gasteiger partial charge on any atom is -0.299 e. The molecule has 0 amide bonds. The molecule has 0 N–H and O–H groups in total. The summed E-state index contributed by atoms with van der Waals surface area (Å²) in [5.41, 5.74) is 4.45. The van der Waals surface area contributed by atoms with Crippen LogP contribution in [0.1, 0.15) is 61.3 Å². The molecule has 27 heavy (non-hydrogen) atoms. The van der Waals surface area contributed by atoms with Crippen LogP contribution in [0.5, 0.6) is 0 Å². The van der Waals surface area contributed by atoms with Crippen molar-refractivity contribution in [2.24, 2.45) is 5.92 Å². The van der Waals surface area contributed by atoms with Crippen molar-refractivity contribution in [1.82, 2.24) is 9.80 Å². The molecule has 1 saturated heterocycles. The van der Waals surface area contributed by atoms with Gasteiger partial charge in [0.25, 0.3) is 0 Å². The van der Waals surface area contributed by atoms with Gasteiger partial charge in [-0.15, -0.1) is 0 Å². The highest BCUT2D eigenvalue weighted by Crippen LogP contribution is 2.42. The molecule has 1 atom stereocenters. The number of hydrogen-bond donors (Lipinski definition) is 0. The van der Waals surface area contributed by atoms with Crippen molar-refractivity contribution >= 4 is 0 Å². The Balaban J connectivity index is 1.24. The standard InChI is InChI=1S/C25H34N2/c1-20(23-8-4-3-5-9-23)26(2)18-22-16-25(17-22)24-12-10-21(11-13-24)19-27-14-6-7-15-27/h3-5,8-13,20,22,25H,6-7,14-19H2,1-2H3/t20-,22?,25?/m1/s1. The molecule has 0 spiro atoms. The number of rotatable bonds is 7. The largest absolute Gasteiger partial charge is 0.299 e. The molecule has 2 aromatic carbocycles. The Bertz CT molecular complexity index is 697. The van der Waals surface area contributed by atoms with Crippen LogP contribution in [0.4, 0.5) is 0 Å². The van der Waals surface area contributed by atoms with Crippen LogP contribution in [0.2, 0.25) is 0 Å².